The fraction of sp³-hybridized carbons (Fsp3) is 0.0968. The van der Waals surface area contributed by atoms with Gasteiger partial charge in [0.15, 0.2) is 11.2 Å². The van der Waals surface area contributed by atoms with Crippen LogP contribution in [0.4, 0.5) is 5.69 Å². The lowest BCUT2D eigenvalue weighted by molar-refractivity contribution is -0.121. The van der Waals surface area contributed by atoms with E-state index in [0.717, 1.165) is 33.4 Å². The molecule has 1 aliphatic heterocycles. The molecule has 0 saturated heterocycles. The van der Waals surface area contributed by atoms with Gasteiger partial charge in [0.25, 0.3) is 5.91 Å². The minimum Gasteiger partial charge on any atom is -0.306 e. The second kappa shape index (κ2) is 7.67. The van der Waals surface area contributed by atoms with Crippen LogP contribution in [-0.2, 0) is 16.8 Å². The van der Waals surface area contributed by atoms with E-state index >= 15 is 0 Å². The topological polar surface area (TPSA) is 37.4 Å². The fourth-order valence-corrected chi connectivity index (χ4v) is 5.62. The van der Waals surface area contributed by atoms with Crippen molar-refractivity contribution in [3.63, 3.8) is 0 Å². The van der Waals surface area contributed by atoms with Gasteiger partial charge in [-0.15, -0.1) is 0 Å². The third kappa shape index (κ3) is 2.70. The molecule has 0 N–H and O–H groups in total. The molecule has 1 spiro atoms. The summed E-state index contributed by atoms with van der Waals surface area (Å²) in [6.07, 6.45) is 0. The van der Waals surface area contributed by atoms with Crippen LogP contribution in [0.1, 0.15) is 39.5 Å². The van der Waals surface area contributed by atoms with Crippen LogP contribution in [0.2, 0.25) is 0 Å². The maximum Gasteiger partial charge on any atom is 0.250 e. The molecule has 0 radical (unpaired) electrons. The highest BCUT2D eigenvalue weighted by molar-refractivity contribution is 6.38. The molecule has 0 saturated carbocycles. The van der Waals surface area contributed by atoms with E-state index in [1.807, 2.05) is 116 Å². The normalized spacial score (nSPS) is 18.9. The number of Topliss-reactive ketones (excluding diaryl/α,β-unsaturated/α-hetero) is 1. The molecule has 1 unspecified atom stereocenters. The predicted octanol–water partition coefficient (Wildman–Crippen LogP) is 6.30. The lowest BCUT2D eigenvalue weighted by Gasteiger charge is -2.41. The van der Waals surface area contributed by atoms with Gasteiger partial charge in [0.1, 0.15) is 0 Å². The predicted molar refractivity (Wildman–Crippen MR) is 135 cm³/mol. The summed E-state index contributed by atoms with van der Waals surface area (Å²) >= 11 is 0. The van der Waals surface area contributed by atoms with Crippen LogP contribution in [0.3, 0.4) is 0 Å². The Bertz CT molecular complexity index is 1470. The van der Waals surface area contributed by atoms with Crippen LogP contribution >= 0.6 is 0 Å². The average molecular weight is 442 g/mol. The number of nitrogens with zero attached hydrogens (tertiary/aromatic N) is 1. The Morgan fingerprint density at radius 2 is 1.26 bits per heavy atom. The van der Waals surface area contributed by atoms with Gasteiger partial charge in [0.05, 0.1) is 12.2 Å². The van der Waals surface area contributed by atoms with Crippen LogP contribution in [0.15, 0.2) is 109 Å². The van der Waals surface area contributed by atoms with Gasteiger partial charge in [-0.1, -0.05) is 97.1 Å². The zero-order valence-corrected chi connectivity index (χ0v) is 18.9. The van der Waals surface area contributed by atoms with Gasteiger partial charge in [-0.2, -0.15) is 0 Å². The SMILES string of the molecule is CC1=C(c2ccccc2)C2(C(=O)c3ccccc3N(Cc3ccccc3)C2=O)c2ccccc21. The number of rotatable bonds is 3. The molecule has 0 fully saturated rings. The molecule has 0 aromatic heterocycles. The van der Waals surface area contributed by atoms with Crippen molar-refractivity contribution in [1.29, 1.82) is 0 Å². The molecular formula is C31H23NO2. The van der Waals surface area contributed by atoms with Gasteiger partial charge in [0.2, 0.25) is 0 Å². The number of para-hydroxylation sites is 1. The number of hydrogen-bond donors (Lipinski definition) is 0. The average Bonchev–Trinajstić information content (AvgIpc) is 3.16. The Balaban J connectivity index is 1.66. The summed E-state index contributed by atoms with van der Waals surface area (Å²) in [7, 11) is 0. The second-order valence-electron chi connectivity index (χ2n) is 8.88. The summed E-state index contributed by atoms with van der Waals surface area (Å²) in [5.41, 5.74) is 5.25. The van der Waals surface area contributed by atoms with E-state index in [1.165, 1.54) is 0 Å². The number of benzene rings is 4. The van der Waals surface area contributed by atoms with E-state index in [1.54, 1.807) is 4.90 Å². The molecule has 2 aliphatic rings. The number of anilines is 1. The number of carbonyl (C=O) groups excluding carboxylic acids is 2. The molecule has 6 rings (SSSR count). The zero-order valence-electron chi connectivity index (χ0n) is 18.9. The number of hydrogen-bond acceptors (Lipinski definition) is 2. The van der Waals surface area contributed by atoms with Crippen LogP contribution in [0.25, 0.3) is 11.1 Å². The van der Waals surface area contributed by atoms with Crippen molar-refractivity contribution in [1.82, 2.24) is 0 Å². The molecule has 0 bridgehead atoms. The van der Waals surface area contributed by atoms with Gasteiger partial charge >= 0.3 is 0 Å². The van der Waals surface area contributed by atoms with Crippen molar-refractivity contribution in [3.05, 3.63) is 137 Å². The molecule has 3 heteroatoms. The van der Waals surface area contributed by atoms with E-state index < -0.39 is 5.41 Å². The fourth-order valence-electron chi connectivity index (χ4n) is 5.62. The molecule has 4 aromatic carbocycles. The highest BCUT2D eigenvalue weighted by Crippen LogP contribution is 2.56. The van der Waals surface area contributed by atoms with Crippen LogP contribution in [0, 0.1) is 0 Å². The summed E-state index contributed by atoms with van der Waals surface area (Å²) in [4.78, 5) is 30.9. The largest absolute Gasteiger partial charge is 0.306 e. The molecular weight excluding hydrogens is 418 g/mol. The van der Waals surface area contributed by atoms with Crippen molar-refractivity contribution in [3.8, 4) is 0 Å². The minimum atomic E-state index is -1.41. The van der Waals surface area contributed by atoms with Crippen LogP contribution < -0.4 is 4.90 Å². The monoisotopic (exact) mass is 441 g/mol. The summed E-state index contributed by atoms with van der Waals surface area (Å²) < 4.78 is 0. The molecule has 34 heavy (non-hydrogen) atoms. The molecule has 1 heterocycles. The minimum absolute atomic E-state index is 0.152. The van der Waals surface area contributed by atoms with Crippen LogP contribution in [0.5, 0.6) is 0 Å². The Hall–Kier alpha value is -4.24. The maximum atomic E-state index is 14.7. The number of fused-ring (bicyclic) bond motifs is 3. The number of ketones is 1. The first-order chi connectivity index (χ1) is 16.6. The Kier molecular flexibility index (Phi) is 4.59. The van der Waals surface area contributed by atoms with E-state index in [9.17, 15) is 9.59 Å². The molecule has 3 nitrogen and oxygen atoms in total. The first-order valence-corrected chi connectivity index (χ1v) is 11.5. The van der Waals surface area contributed by atoms with Gasteiger partial charge in [-0.3, -0.25) is 9.59 Å². The summed E-state index contributed by atoms with van der Waals surface area (Å²) in [6, 6.07) is 35.1. The smallest absolute Gasteiger partial charge is 0.250 e. The summed E-state index contributed by atoms with van der Waals surface area (Å²) in [6.45, 7) is 2.42. The summed E-state index contributed by atoms with van der Waals surface area (Å²) in [5.74, 6) is -0.344. The molecule has 4 aromatic rings. The maximum absolute atomic E-state index is 14.7. The van der Waals surface area contributed by atoms with E-state index in [2.05, 4.69) is 0 Å². The highest BCUT2D eigenvalue weighted by atomic mass is 16.2. The molecule has 164 valence electrons. The van der Waals surface area contributed by atoms with Crippen molar-refractivity contribution in [2.45, 2.75) is 18.9 Å². The van der Waals surface area contributed by atoms with Crippen molar-refractivity contribution >= 4 is 28.5 Å². The number of amides is 1. The quantitative estimate of drug-likeness (QED) is 0.350. The second-order valence-corrected chi connectivity index (χ2v) is 8.88. The third-order valence-corrected chi connectivity index (χ3v) is 7.08. The zero-order chi connectivity index (χ0) is 23.3. The standard InChI is InChI=1S/C31H23NO2/c1-21-24-16-8-10-18-26(24)31(28(21)23-14-6-3-7-15-23)29(33)25-17-9-11-19-27(25)32(30(31)34)20-22-12-4-2-5-13-22/h2-19H,20H2,1H3. The van der Waals surface area contributed by atoms with Crippen molar-refractivity contribution in [2.24, 2.45) is 0 Å². The Labute approximate surface area is 199 Å². The van der Waals surface area contributed by atoms with E-state index in [-0.39, 0.29) is 11.7 Å². The lowest BCUT2D eigenvalue weighted by Crippen LogP contribution is -2.55. The third-order valence-electron chi connectivity index (χ3n) is 7.08. The van der Waals surface area contributed by atoms with Crippen LogP contribution in [-0.4, -0.2) is 11.7 Å². The van der Waals surface area contributed by atoms with Gasteiger partial charge in [0, 0.05) is 5.56 Å². The lowest BCUT2D eigenvalue weighted by atomic mass is 9.66. The molecule has 1 atom stereocenters. The highest BCUT2D eigenvalue weighted by Gasteiger charge is 2.60. The van der Waals surface area contributed by atoms with E-state index in [0.29, 0.717) is 17.8 Å². The number of allylic oxidation sites excluding steroid dienone is 1. The van der Waals surface area contributed by atoms with Crippen molar-refractivity contribution in [2.75, 3.05) is 4.90 Å². The van der Waals surface area contributed by atoms with Gasteiger partial charge < -0.3 is 4.90 Å². The van der Waals surface area contributed by atoms with Gasteiger partial charge in [-0.25, -0.2) is 0 Å². The first-order valence-electron chi connectivity index (χ1n) is 11.5. The van der Waals surface area contributed by atoms with Gasteiger partial charge in [-0.05, 0) is 52.5 Å². The summed E-state index contributed by atoms with van der Waals surface area (Å²) in [5, 5.41) is 0. The first kappa shape index (κ1) is 20.4. The molecule has 1 aliphatic carbocycles. The van der Waals surface area contributed by atoms with E-state index in [4.69, 9.17) is 0 Å². The van der Waals surface area contributed by atoms with Crippen molar-refractivity contribution < 1.29 is 9.59 Å². The Morgan fingerprint density at radius 3 is 2.00 bits per heavy atom. The number of carbonyl (C=O) groups is 2. The Morgan fingerprint density at radius 1 is 0.676 bits per heavy atom. The molecule has 1 amide bonds.